The van der Waals surface area contributed by atoms with E-state index in [4.69, 9.17) is 18.9 Å². The fourth-order valence-electron chi connectivity index (χ4n) is 2.17. The van der Waals surface area contributed by atoms with Gasteiger partial charge in [0.05, 0.1) is 13.2 Å². The van der Waals surface area contributed by atoms with Gasteiger partial charge in [0.25, 0.3) is 5.79 Å². The van der Waals surface area contributed by atoms with Gasteiger partial charge in [-0.3, -0.25) is 4.74 Å². The van der Waals surface area contributed by atoms with Crippen molar-refractivity contribution in [2.24, 2.45) is 5.92 Å². The van der Waals surface area contributed by atoms with Crippen LogP contribution >= 0.6 is 0 Å². The van der Waals surface area contributed by atoms with Crippen LogP contribution in [0.3, 0.4) is 0 Å². The fraction of sp³-hybridized carbons (Fsp3) is 0.583. The average molecular weight is 240 g/mol. The van der Waals surface area contributed by atoms with E-state index < -0.39 is 17.5 Å². The molecule has 0 radical (unpaired) electrons. The Morgan fingerprint density at radius 2 is 2.12 bits per heavy atom. The van der Waals surface area contributed by atoms with Crippen molar-refractivity contribution in [1.29, 1.82) is 0 Å². The summed E-state index contributed by atoms with van der Waals surface area (Å²) in [6.45, 7) is 7.62. The number of rotatable bonds is 2. The molecule has 5 heteroatoms. The van der Waals surface area contributed by atoms with E-state index in [2.05, 4.69) is 6.58 Å². The first-order valence-corrected chi connectivity index (χ1v) is 5.33. The van der Waals surface area contributed by atoms with E-state index in [0.29, 0.717) is 11.3 Å². The molecule has 0 unspecified atom stereocenters. The molecule has 3 atom stereocenters. The van der Waals surface area contributed by atoms with E-state index in [9.17, 15) is 4.79 Å². The summed E-state index contributed by atoms with van der Waals surface area (Å²) in [5.41, 5.74) is 0.612. The molecular formula is C12H16O5. The summed E-state index contributed by atoms with van der Waals surface area (Å²) in [5.74, 6) is -2.55. The van der Waals surface area contributed by atoms with Gasteiger partial charge >= 0.3 is 5.97 Å². The van der Waals surface area contributed by atoms with Crippen LogP contribution in [0.15, 0.2) is 24.0 Å². The van der Waals surface area contributed by atoms with Crippen LogP contribution in [0.25, 0.3) is 0 Å². The molecule has 0 amide bonds. The van der Waals surface area contributed by atoms with Crippen molar-refractivity contribution < 1.29 is 23.7 Å². The quantitative estimate of drug-likeness (QED) is 0.538. The van der Waals surface area contributed by atoms with Gasteiger partial charge in [-0.15, -0.1) is 0 Å². The van der Waals surface area contributed by atoms with Crippen molar-refractivity contribution in [2.45, 2.75) is 25.4 Å². The van der Waals surface area contributed by atoms with Crippen molar-refractivity contribution in [3.05, 3.63) is 24.0 Å². The number of carbonyl (C=O) groups excluding carboxylic acids is 1. The van der Waals surface area contributed by atoms with Crippen LogP contribution in [0.2, 0.25) is 0 Å². The molecule has 2 aliphatic heterocycles. The molecule has 0 aromatic heterocycles. The molecule has 1 spiro atoms. The predicted molar refractivity (Wildman–Crippen MR) is 58.7 cm³/mol. The Morgan fingerprint density at radius 3 is 2.59 bits per heavy atom. The molecule has 1 fully saturated rings. The predicted octanol–water partition coefficient (Wildman–Crippen LogP) is 1.35. The second-order valence-corrected chi connectivity index (χ2v) is 4.32. The molecule has 1 saturated heterocycles. The Hall–Kier alpha value is -1.33. The highest BCUT2D eigenvalue weighted by atomic mass is 16.8. The zero-order valence-corrected chi connectivity index (χ0v) is 10.4. The first-order chi connectivity index (χ1) is 7.89. The van der Waals surface area contributed by atoms with Crippen molar-refractivity contribution in [1.82, 2.24) is 0 Å². The largest absolute Gasteiger partial charge is 0.494 e. The third-order valence-corrected chi connectivity index (χ3v) is 3.52. The Kier molecular flexibility index (Phi) is 2.56. The van der Waals surface area contributed by atoms with Crippen molar-refractivity contribution in [3.63, 3.8) is 0 Å². The lowest BCUT2D eigenvalue weighted by Gasteiger charge is -2.29. The number of esters is 1. The highest BCUT2D eigenvalue weighted by Gasteiger charge is 2.62. The molecule has 17 heavy (non-hydrogen) atoms. The van der Waals surface area contributed by atoms with E-state index in [-0.39, 0.29) is 5.92 Å². The van der Waals surface area contributed by atoms with Gasteiger partial charge in [-0.05, 0) is 6.92 Å². The Labute approximate surface area is 100.0 Å². The SMILES string of the molecule is C=C1[C@H](C)[C@](C)(OC)O[C@]12OC(=O)C=C2OC. The summed E-state index contributed by atoms with van der Waals surface area (Å²) in [6.07, 6.45) is 1.26. The maximum absolute atomic E-state index is 11.4. The monoisotopic (exact) mass is 240 g/mol. The molecule has 0 aromatic carbocycles. The Morgan fingerprint density at radius 1 is 1.47 bits per heavy atom. The lowest BCUT2D eigenvalue weighted by Crippen LogP contribution is -2.38. The van der Waals surface area contributed by atoms with Crippen LogP contribution in [0, 0.1) is 5.92 Å². The van der Waals surface area contributed by atoms with Gasteiger partial charge in [-0.1, -0.05) is 13.5 Å². The number of ether oxygens (including phenoxy) is 4. The van der Waals surface area contributed by atoms with E-state index >= 15 is 0 Å². The van der Waals surface area contributed by atoms with Crippen LogP contribution in [-0.2, 0) is 23.7 Å². The molecular weight excluding hydrogens is 224 g/mol. The third kappa shape index (κ3) is 1.42. The zero-order chi connectivity index (χ0) is 12.8. The van der Waals surface area contributed by atoms with Gasteiger partial charge in [-0.2, -0.15) is 0 Å². The molecule has 2 heterocycles. The van der Waals surface area contributed by atoms with Gasteiger partial charge < -0.3 is 14.2 Å². The van der Waals surface area contributed by atoms with Gasteiger partial charge in [0.1, 0.15) is 0 Å². The van der Waals surface area contributed by atoms with Crippen LogP contribution in [0.1, 0.15) is 13.8 Å². The smallest absolute Gasteiger partial charge is 0.337 e. The second-order valence-electron chi connectivity index (χ2n) is 4.32. The zero-order valence-electron chi connectivity index (χ0n) is 10.4. The molecule has 94 valence electrons. The number of carbonyl (C=O) groups is 1. The third-order valence-electron chi connectivity index (χ3n) is 3.52. The van der Waals surface area contributed by atoms with Crippen molar-refractivity contribution >= 4 is 5.97 Å². The first-order valence-electron chi connectivity index (χ1n) is 5.33. The minimum atomic E-state index is -1.34. The molecule has 2 aliphatic rings. The highest BCUT2D eigenvalue weighted by molar-refractivity contribution is 5.86. The maximum Gasteiger partial charge on any atom is 0.337 e. The van der Waals surface area contributed by atoms with E-state index in [0.717, 1.165) is 0 Å². The number of methoxy groups -OCH3 is 2. The minimum absolute atomic E-state index is 0.128. The molecule has 0 saturated carbocycles. The van der Waals surface area contributed by atoms with Gasteiger partial charge in [0.15, 0.2) is 11.5 Å². The van der Waals surface area contributed by atoms with Gasteiger partial charge in [0, 0.05) is 18.6 Å². The van der Waals surface area contributed by atoms with E-state index in [1.165, 1.54) is 20.3 Å². The molecule has 2 rings (SSSR count). The minimum Gasteiger partial charge on any atom is -0.494 e. The van der Waals surface area contributed by atoms with Crippen LogP contribution in [0.5, 0.6) is 0 Å². The summed E-state index contributed by atoms with van der Waals surface area (Å²) >= 11 is 0. The molecule has 0 aromatic rings. The number of hydrogen-bond donors (Lipinski definition) is 0. The van der Waals surface area contributed by atoms with Crippen LogP contribution in [-0.4, -0.2) is 31.8 Å². The fourth-order valence-corrected chi connectivity index (χ4v) is 2.17. The lowest BCUT2D eigenvalue weighted by atomic mass is 9.92. The first kappa shape index (κ1) is 12.1. The summed E-state index contributed by atoms with van der Waals surface area (Å²) in [7, 11) is 3.00. The number of hydrogen-bond acceptors (Lipinski definition) is 5. The van der Waals surface area contributed by atoms with E-state index in [1.54, 1.807) is 6.92 Å². The summed E-state index contributed by atoms with van der Waals surface area (Å²) in [5, 5.41) is 0. The summed E-state index contributed by atoms with van der Waals surface area (Å²) < 4.78 is 21.5. The lowest BCUT2D eigenvalue weighted by molar-refractivity contribution is -0.287. The van der Waals surface area contributed by atoms with Gasteiger partial charge in [0.2, 0.25) is 0 Å². The van der Waals surface area contributed by atoms with Crippen molar-refractivity contribution in [2.75, 3.05) is 14.2 Å². The van der Waals surface area contributed by atoms with Crippen molar-refractivity contribution in [3.8, 4) is 0 Å². The van der Waals surface area contributed by atoms with Crippen LogP contribution < -0.4 is 0 Å². The van der Waals surface area contributed by atoms with Gasteiger partial charge in [-0.25, -0.2) is 4.79 Å². The molecule has 5 nitrogen and oxygen atoms in total. The summed E-state index contributed by atoms with van der Waals surface area (Å²) in [4.78, 5) is 11.4. The summed E-state index contributed by atoms with van der Waals surface area (Å²) in [6, 6.07) is 0. The molecule has 0 aliphatic carbocycles. The average Bonchev–Trinajstić information content (AvgIpc) is 2.71. The normalized spacial score (nSPS) is 40.7. The van der Waals surface area contributed by atoms with E-state index in [1.807, 2.05) is 6.92 Å². The molecule has 0 N–H and O–H groups in total. The Bertz CT molecular complexity index is 413. The maximum atomic E-state index is 11.4. The molecule has 0 bridgehead atoms. The standard InChI is InChI=1S/C12H16O5/c1-7-8(2)12(17-11(7,3)15-5)9(14-4)6-10(13)16-12/h6-7H,2H2,1,3-5H3/t7-,11+,12+/m0/s1. The Balaban J connectivity index is 2.45. The highest BCUT2D eigenvalue weighted by Crippen LogP contribution is 2.52. The second kappa shape index (κ2) is 3.58. The van der Waals surface area contributed by atoms with Crippen LogP contribution in [0.4, 0.5) is 0 Å². The topological polar surface area (TPSA) is 54.0 Å².